The number of hydrogen-bond donors (Lipinski definition) is 0. The number of nitriles is 1. The van der Waals surface area contributed by atoms with Crippen LogP contribution in [0.15, 0.2) is 30.3 Å². The molecule has 1 aromatic rings. The molecular weight excluding hydrogens is 212 g/mol. The van der Waals surface area contributed by atoms with Gasteiger partial charge in [0.2, 0.25) is 5.91 Å². The Bertz CT molecular complexity index is 422. The molecule has 0 aromatic heterocycles. The zero-order chi connectivity index (χ0) is 12.1. The maximum absolute atomic E-state index is 11.7. The Kier molecular flexibility index (Phi) is 3.77. The molecule has 0 radical (unpaired) electrons. The second kappa shape index (κ2) is 5.49. The van der Waals surface area contributed by atoms with Crippen LogP contribution in [0.1, 0.15) is 18.4 Å². The summed E-state index contributed by atoms with van der Waals surface area (Å²) in [5, 5.41) is 8.89. The molecule has 1 fully saturated rings. The SMILES string of the molecule is N#CC1CCC(=O)N(CCc2ccccc2)C1. The van der Waals surface area contributed by atoms with Gasteiger partial charge in [-0.15, -0.1) is 0 Å². The Morgan fingerprint density at radius 3 is 2.82 bits per heavy atom. The van der Waals surface area contributed by atoms with E-state index in [0.29, 0.717) is 13.0 Å². The largest absolute Gasteiger partial charge is 0.341 e. The normalized spacial score (nSPS) is 20.1. The van der Waals surface area contributed by atoms with Gasteiger partial charge < -0.3 is 4.90 Å². The second-order valence-corrected chi connectivity index (χ2v) is 4.44. The standard InChI is InChI=1S/C14H16N2O/c15-10-13-6-7-14(17)16(11-13)9-8-12-4-2-1-3-5-12/h1-5,13H,6-9,11H2. The zero-order valence-electron chi connectivity index (χ0n) is 9.80. The van der Waals surface area contributed by atoms with Gasteiger partial charge in [0.1, 0.15) is 0 Å². The van der Waals surface area contributed by atoms with Crippen LogP contribution in [0.25, 0.3) is 0 Å². The molecule has 1 aliphatic heterocycles. The maximum Gasteiger partial charge on any atom is 0.222 e. The summed E-state index contributed by atoms with van der Waals surface area (Å²) in [6.45, 7) is 1.32. The van der Waals surface area contributed by atoms with E-state index < -0.39 is 0 Å². The molecule has 0 saturated carbocycles. The molecule has 1 saturated heterocycles. The first kappa shape index (κ1) is 11.7. The molecule has 1 unspecified atom stereocenters. The van der Waals surface area contributed by atoms with Gasteiger partial charge in [-0.25, -0.2) is 0 Å². The van der Waals surface area contributed by atoms with Gasteiger partial charge in [0.15, 0.2) is 0 Å². The fraction of sp³-hybridized carbons (Fsp3) is 0.429. The Labute approximate surface area is 102 Å². The molecule has 1 heterocycles. The van der Waals surface area contributed by atoms with E-state index in [-0.39, 0.29) is 11.8 Å². The zero-order valence-corrected chi connectivity index (χ0v) is 9.80. The van der Waals surface area contributed by atoms with E-state index in [1.165, 1.54) is 5.56 Å². The second-order valence-electron chi connectivity index (χ2n) is 4.44. The van der Waals surface area contributed by atoms with Crippen LogP contribution in [-0.2, 0) is 11.2 Å². The van der Waals surface area contributed by atoms with Crippen molar-refractivity contribution in [1.82, 2.24) is 4.90 Å². The summed E-state index contributed by atoms with van der Waals surface area (Å²) in [5.41, 5.74) is 1.24. The number of carbonyl (C=O) groups is 1. The molecule has 0 aliphatic carbocycles. The number of likely N-dealkylation sites (tertiary alicyclic amines) is 1. The maximum atomic E-state index is 11.7. The summed E-state index contributed by atoms with van der Waals surface area (Å²) in [5.74, 6) is 0.205. The van der Waals surface area contributed by atoms with Gasteiger partial charge in [0.05, 0.1) is 12.0 Å². The minimum Gasteiger partial charge on any atom is -0.341 e. The Morgan fingerprint density at radius 1 is 1.35 bits per heavy atom. The topological polar surface area (TPSA) is 44.1 Å². The van der Waals surface area contributed by atoms with Crippen molar-refractivity contribution in [2.45, 2.75) is 19.3 Å². The third-order valence-electron chi connectivity index (χ3n) is 3.20. The molecule has 0 spiro atoms. The van der Waals surface area contributed by atoms with Crippen LogP contribution < -0.4 is 0 Å². The lowest BCUT2D eigenvalue weighted by Crippen LogP contribution is -2.40. The fourth-order valence-electron chi connectivity index (χ4n) is 2.15. The van der Waals surface area contributed by atoms with E-state index in [1.807, 2.05) is 23.1 Å². The predicted octanol–water partition coefficient (Wildman–Crippen LogP) is 1.99. The fourth-order valence-corrected chi connectivity index (χ4v) is 2.15. The quantitative estimate of drug-likeness (QED) is 0.794. The molecule has 0 bridgehead atoms. The van der Waals surface area contributed by atoms with Crippen molar-refractivity contribution in [3.05, 3.63) is 35.9 Å². The van der Waals surface area contributed by atoms with Gasteiger partial charge >= 0.3 is 0 Å². The number of amides is 1. The van der Waals surface area contributed by atoms with Crippen LogP contribution in [0, 0.1) is 17.2 Å². The average Bonchev–Trinajstić information content (AvgIpc) is 2.39. The van der Waals surface area contributed by atoms with Crippen LogP contribution in [0.2, 0.25) is 0 Å². The van der Waals surface area contributed by atoms with E-state index in [9.17, 15) is 4.79 Å². The molecule has 17 heavy (non-hydrogen) atoms. The minimum atomic E-state index is 0.0171. The van der Waals surface area contributed by atoms with E-state index in [1.54, 1.807) is 0 Å². The van der Waals surface area contributed by atoms with E-state index >= 15 is 0 Å². The van der Waals surface area contributed by atoms with Crippen molar-refractivity contribution in [2.75, 3.05) is 13.1 Å². The Morgan fingerprint density at radius 2 is 2.12 bits per heavy atom. The number of piperidine rings is 1. The number of benzene rings is 1. The van der Waals surface area contributed by atoms with Crippen LogP contribution in [0.5, 0.6) is 0 Å². The predicted molar refractivity (Wildman–Crippen MR) is 65.1 cm³/mol. The van der Waals surface area contributed by atoms with Gasteiger partial charge in [0, 0.05) is 19.5 Å². The molecule has 3 nitrogen and oxygen atoms in total. The molecule has 1 atom stereocenters. The van der Waals surface area contributed by atoms with Crippen molar-refractivity contribution in [3.63, 3.8) is 0 Å². The number of rotatable bonds is 3. The van der Waals surface area contributed by atoms with Crippen LogP contribution in [0.3, 0.4) is 0 Å². The minimum absolute atomic E-state index is 0.0171. The van der Waals surface area contributed by atoms with Gasteiger partial charge in [-0.3, -0.25) is 4.79 Å². The van der Waals surface area contributed by atoms with Gasteiger partial charge in [-0.2, -0.15) is 5.26 Å². The number of carbonyl (C=O) groups excluding carboxylic acids is 1. The highest BCUT2D eigenvalue weighted by Crippen LogP contribution is 2.17. The molecular formula is C14H16N2O. The van der Waals surface area contributed by atoms with Crippen molar-refractivity contribution in [2.24, 2.45) is 5.92 Å². The molecule has 0 N–H and O–H groups in total. The first-order valence-corrected chi connectivity index (χ1v) is 6.01. The van der Waals surface area contributed by atoms with Crippen molar-refractivity contribution in [3.8, 4) is 6.07 Å². The smallest absolute Gasteiger partial charge is 0.222 e. The lowest BCUT2D eigenvalue weighted by molar-refractivity contribution is -0.134. The molecule has 3 heteroatoms. The highest BCUT2D eigenvalue weighted by molar-refractivity contribution is 5.77. The Balaban J connectivity index is 1.90. The van der Waals surface area contributed by atoms with Crippen LogP contribution in [-0.4, -0.2) is 23.9 Å². The monoisotopic (exact) mass is 228 g/mol. The average molecular weight is 228 g/mol. The van der Waals surface area contributed by atoms with E-state index in [4.69, 9.17) is 5.26 Å². The van der Waals surface area contributed by atoms with Crippen molar-refractivity contribution < 1.29 is 4.79 Å². The van der Waals surface area contributed by atoms with Crippen LogP contribution in [0.4, 0.5) is 0 Å². The van der Waals surface area contributed by atoms with Crippen LogP contribution >= 0.6 is 0 Å². The van der Waals surface area contributed by atoms with Gasteiger partial charge in [-0.1, -0.05) is 30.3 Å². The van der Waals surface area contributed by atoms with Crippen molar-refractivity contribution in [1.29, 1.82) is 5.26 Å². The summed E-state index contributed by atoms with van der Waals surface area (Å²) < 4.78 is 0. The molecule has 1 amide bonds. The third-order valence-corrected chi connectivity index (χ3v) is 3.20. The van der Waals surface area contributed by atoms with Gasteiger partial charge in [0.25, 0.3) is 0 Å². The number of nitrogens with zero attached hydrogens (tertiary/aromatic N) is 2. The summed E-state index contributed by atoms with van der Waals surface area (Å²) in [4.78, 5) is 13.5. The molecule has 88 valence electrons. The molecule has 1 aromatic carbocycles. The van der Waals surface area contributed by atoms with E-state index in [0.717, 1.165) is 19.4 Å². The highest BCUT2D eigenvalue weighted by atomic mass is 16.2. The highest BCUT2D eigenvalue weighted by Gasteiger charge is 2.24. The first-order chi connectivity index (χ1) is 8.29. The lowest BCUT2D eigenvalue weighted by Gasteiger charge is -2.29. The number of hydrogen-bond acceptors (Lipinski definition) is 2. The third kappa shape index (κ3) is 3.07. The lowest BCUT2D eigenvalue weighted by atomic mass is 9.98. The van der Waals surface area contributed by atoms with E-state index in [2.05, 4.69) is 18.2 Å². The van der Waals surface area contributed by atoms with Crippen molar-refractivity contribution >= 4 is 5.91 Å². The first-order valence-electron chi connectivity index (χ1n) is 6.01. The summed E-state index contributed by atoms with van der Waals surface area (Å²) in [7, 11) is 0. The summed E-state index contributed by atoms with van der Waals surface area (Å²) in [6.07, 6.45) is 2.11. The Hall–Kier alpha value is -1.82. The summed E-state index contributed by atoms with van der Waals surface area (Å²) >= 11 is 0. The summed E-state index contributed by atoms with van der Waals surface area (Å²) in [6, 6.07) is 12.4. The molecule has 1 aliphatic rings. The molecule has 2 rings (SSSR count). The van der Waals surface area contributed by atoms with Gasteiger partial charge in [-0.05, 0) is 18.4 Å².